The second kappa shape index (κ2) is 5.37. The summed E-state index contributed by atoms with van der Waals surface area (Å²) in [7, 11) is 1.57. The fourth-order valence-corrected chi connectivity index (χ4v) is 2.04. The van der Waals surface area contributed by atoms with Gasteiger partial charge in [0.2, 0.25) is 0 Å². The maximum absolute atomic E-state index is 12.0. The summed E-state index contributed by atoms with van der Waals surface area (Å²) >= 11 is 0. The lowest BCUT2D eigenvalue weighted by Crippen LogP contribution is -2.45. The molecule has 0 aromatic heterocycles. The number of amides is 1. The van der Waals surface area contributed by atoms with Crippen LogP contribution in [0.25, 0.3) is 0 Å². The van der Waals surface area contributed by atoms with Crippen molar-refractivity contribution in [3.8, 4) is 5.75 Å². The van der Waals surface area contributed by atoms with E-state index in [-0.39, 0.29) is 12.6 Å². The predicted octanol–water partition coefficient (Wildman–Crippen LogP) is 0.906. The van der Waals surface area contributed by atoms with Crippen molar-refractivity contribution in [1.82, 2.24) is 0 Å². The van der Waals surface area contributed by atoms with E-state index in [2.05, 4.69) is 0 Å². The molecule has 98 valence electrons. The van der Waals surface area contributed by atoms with Gasteiger partial charge in [-0.1, -0.05) is 6.07 Å². The molecule has 18 heavy (non-hydrogen) atoms. The van der Waals surface area contributed by atoms with Crippen molar-refractivity contribution in [2.24, 2.45) is 5.73 Å². The number of anilines is 1. The van der Waals surface area contributed by atoms with Crippen LogP contribution in [0.3, 0.4) is 0 Å². The number of fused-ring (bicyclic) bond motifs is 1. The van der Waals surface area contributed by atoms with Crippen LogP contribution >= 0.6 is 0 Å². The quantitative estimate of drug-likeness (QED) is 0.862. The van der Waals surface area contributed by atoms with Crippen LogP contribution in [0.2, 0.25) is 0 Å². The van der Waals surface area contributed by atoms with Crippen LogP contribution in [0.15, 0.2) is 18.2 Å². The number of hydrogen-bond donors (Lipinski definition) is 1. The van der Waals surface area contributed by atoms with Gasteiger partial charge in [0.25, 0.3) is 5.91 Å². The SMILES string of the molecule is COCN1C(=O)C(C)Oc2ccc(CCN)cc21. The van der Waals surface area contributed by atoms with Gasteiger partial charge in [-0.2, -0.15) is 0 Å². The van der Waals surface area contributed by atoms with Crippen molar-refractivity contribution in [2.45, 2.75) is 19.4 Å². The molecule has 1 atom stereocenters. The molecule has 0 bridgehead atoms. The highest BCUT2D eigenvalue weighted by atomic mass is 16.5. The minimum Gasteiger partial charge on any atom is -0.479 e. The van der Waals surface area contributed by atoms with E-state index in [1.165, 1.54) is 0 Å². The number of nitrogens with two attached hydrogens (primary N) is 1. The van der Waals surface area contributed by atoms with Gasteiger partial charge in [-0.3, -0.25) is 9.69 Å². The van der Waals surface area contributed by atoms with Gasteiger partial charge in [0.05, 0.1) is 5.69 Å². The molecule has 1 aliphatic rings. The van der Waals surface area contributed by atoms with E-state index >= 15 is 0 Å². The van der Waals surface area contributed by atoms with E-state index in [0.29, 0.717) is 12.3 Å². The van der Waals surface area contributed by atoms with Crippen LogP contribution in [0.1, 0.15) is 12.5 Å². The maximum atomic E-state index is 12.0. The Bertz CT molecular complexity index is 448. The first-order valence-electron chi connectivity index (χ1n) is 5.97. The summed E-state index contributed by atoms with van der Waals surface area (Å²) in [6, 6.07) is 5.79. The van der Waals surface area contributed by atoms with Gasteiger partial charge in [-0.15, -0.1) is 0 Å². The Morgan fingerprint density at radius 2 is 2.28 bits per heavy atom. The van der Waals surface area contributed by atoms with E-state index in [9.17, 15) is 4.79 Å². The number of methoxy groups -OCH3 is 1. The normalized spacial score (nSPS) is 18.5. The highest BCUT2D eigenvalue weighted by Crippen LogP contribution is 2.34. The summed E-state index contributed by atoms with van der Waals surface area (Å²) in [4.78, 5) is 13.6. The topological polar surface area (TPSA) is 64.8 Å². The molecule has 0 radical (unpaired) electrons. The first-order valence-corrected chi connectivity index (χ1v) is 5.97. The van der Waals surface area contributed by atoms with Crippen LogP contribution < -0.4 is 15.4 Å². The fourth-order valence-electron chi connectivity index (χ4n) is 2.04. The molecule has 0 saturated heterocycles. The second-order valence-electron chi connectivity index (χ2n) is 4.28. The van der Waals surface area contributed by atoms with Gasteiger partial charge in [0.15, 0.2) is 6.10 Å². The lowest BCUT2D eigenvalue weighted by atomic mass is 10.1. The molecule has 0 saturated carbocycles. The Hall–Kier alpha value is -1.59. The lowest BCUT2D eigenvalue weighted by Gasteiger charge is -2.32. The van der Waals surface area contributed by atoms with Gasteiger partial charge in [0.1, 0.15) is 12.5 Å². The minimum atomic E-state index is -0.479. The lowest BCUT2D eigenvalue weighted by molar-refractivity contribution is -0.126. The van der Waals surface area contributed by atoms with Crippen molar-refractivity contribution in [3.05, 3.63) is 23.8 Å². The standard InChI is InChI=1S/C13H18N2O3/c1-9-13(16)15(8-17-2)11-7-10(5-6-14)3-4-12(11)18-9/h3-4,7,9H,5-6,8,14H2,1-2H3. The third kappa shape index (κ3) is 2.32. The van der Waals surface area contributed by atoms with E-state index in [1.807, 2.05) is 18.2 Å². The number of benzene rings is 1. The highest BCUT2D eigenvalue weighted by molar-refractivity contribution is 5.99. The van der Waals surface area contributed by atoms with Gasteiger partial charge < -0.3 is 15.2 Å². The monoisotopic (exact) mass is 250 g/mol. The molecular formula is C13H18N2O3. The first kappa shape index (κ1) is 12.9. The molecule has 0 aliphatic carbocycles. The zero-order valence-electron chi connectivity index (χ0n) is 10.7. The summed E-state index contributed by atoms with van der Waals surface area (Å²) in [5.41, 5.74) is 7.38. The van der Waals surface area contributed by atoms with Crippen LogP contribution in [0.4, 0.5) is 5.69 Å². The Morgan fingerprint density at radius 3 is 2.94 bits per heavy atom. The zero-order chi connectivity index (χ0) is 13.1. The molecule has 1 heterocycles. The van der Waals surface area contributed by atoms with Crippen molar-refractivity contribution in [3.63, 3.8) is 0 Å². The molecular weight excluding hydrogens is 232 g/mol. The van der Waals surface area contributed by atoms with Gasteiger partial charge >= 0.3 is 0 Å². The maximum Gasteiger partial charge on any atom is 0.269 e. The number of hydrogen-bond acceptors (Lipinski definition) is 4. The number of ether oxygens (including phenoxy) is 2. The second-order valence-corrected chi connectivity index (χ2v) is 4.28. The Kier molecular flexibility index (Phi) is 3.84. The summed E-state index contributed by atoms with van der Waals surface area (Å²) < 4.78 is 10.7. The molecule has 0 spiro atoms. The van der Waals surface area contributed by atoms with Crippen LogP contribution in [-0.4, -0.2) is 32.4 Å². The molecule has 1 amide bonds. The minimum absolute atomic E-state index is 0.0887. The molecule has 1 unspecified atom stereocenters. The number of carbonyl (C=O) groups excluding carboxylic acids is 1. The molecule has 1 aromatic rings. The average molecular weight is 250 g/mol. The molecule has 5 heteroatoms. The Labute approximate surface area is 106 Å². The molecule has 2 N–H and O–H groups in total. The van der Waals surface area contributed by atoms with E-state index in [0.717, 1.165) is 17.7 Å². The van der Waals surface area contributed by atoms with Crippen molar-refractivity contribution < 1.29 is 14.3 Å². The summed E-state index contributed by atoms with van der Waals surface area (Å²) in [5.74, 6) is 0.620. The third-order valence-corrected chi connectivity index (χ3v) is 2.92. The molecule has 0 fully saturated rings. The van der Waals surface area contributed by atoms with Crippen molar-refractivity contribution in [2.75, 3.05) is 25.3 Å². The molecule has 2 rings (SSSR count). The van der Waals surface area contributed by atoms with Crippen molar-refractivity contribution in [1.29, 1.82) is 0 Å². The van der Waals surface area contributed by atoms with Gasteiger partial charge in [-0.05, 0) is 37.6 Å². The summed E-state index contributed by atoms with van der Waals surface area (Å²) in [6.07, 6.45) is 0.297. The van der Waals surface area contributed by atoms with E-state index in [1.54, 1.807) is 18.9 Å². The van der Waals surface area contributed by atoms with Gasteiger partial charge in [0, 0.05) is 7.11 Å². The molecule has 1 aliphatic heterocycles. The predicted molar refractivity (Wildman–Crippen MR) is 68.7 cm³/mol. The Morgan fingerprint density at radius 1 is 1.50 bits per heavy atom. The van der Waals surface area contributed by atoms with Gasteiger partial charge in [-0.25, -0.2) is 0 Å². The van der Waals surface area contributed by atoms with Crippen LogP contribution in [-0.2, 0) is 16.0 Å². The summed E-state index contributed by atoms with van der Waals surface area (Å²) in [5, 5.41) is 0. The number of rotatable bonds is 4. The third-order valence-electron chi connectivity index (χ3n) is 2.92. The smallest absolute Gasteiger partial charge is 0.269 e. The Balaban J connectivity index is 2.38. The van der Waals surface area contributed by atoms with Crippen molar-refractivity contribution >= 4 is 11.6 Å². The number of carbonyl (C=O) groups is 1. The number of nitrogens with zero attached hydrogens (tertiary/aromatic N) is 1. The van der Waals surface area contributed by atoms with E-state index in [4.69, 9.17) is 15.2 Å². The first-order chi connectivity index (χ1) is 8.67. The fraction of sp³-hybridized carbons (Fsp3) is 0.462. The largest absolute Gasteiger partial charge is 0.479 e. The van der Waals surface area contributed by atoms with E-state index < -0.39 is 6.10 Å². The average Bonchev–Trinajstić information content (AvgIpc) is 2.36. The molecule has 5 nitrogen and oxygen atoms in total. The zero-order valence-corrected chi connectivity index (χ0v) is 10.7. The molecule has 1 aromatic carbocycles. The highest BCUT2D eigenvalue weighted by Gasteiger charge is 2.31. The summed E-state index contributed by atoms with van der Waals surface area (Å²) in [6.45, 7) is 2.54. The van der Waals surface area contributed by atoms with Crippen LogP contribution in [0.5, 0.6) is 5.75 Å². The van der Waals surface area contributed by atoms with Crippen LogP contribution in [0, 0.1) is 0 Å².